The fourth-order valence-corrected chi connectivity index (χ4v) is 3.82. The summed E-state index contributed by atoms with van der Waals surface area (Å²) in [6.07, 6.45) is 0. The third-order valence-corrected chi connectivity index (χ3v) is 5.32. The number of hydrogen-bond acceptors (Lipinski definition) is 9. The lowest BCUT2D eigenvalue weighted by Gasteiger charge is -2.23. The fourth-order valence-electron chi connectivity index (χ4n) is 2.75. The first kappa shape index (κ1) is 22.3. The van der Waals surface area contributed by atoms with Crippen LogP contribution >= 0.6 is 11.8 Å². The molecular weight excluding hydrogens is 404 g/mol. The number of methoxy groups -OCH3 is 1. The summed E-state index contributed by atoms with van der Waals surface area (Å²) in [5.41, 5.74) is 0.388. The molecule has 0 spiro atoms. The van der Waals surface area contributed by atoms with Gasteiger partial charge in [-0.05, 0) is 6.92 Å². The molecule has 2 amide bonds. The number of rotatable bonds is 2. The van der Waals surface area contributed by atoms with Crippen LogP contribution in [0.3, 0.4) is 0 Å². The van der Waals surface area contributed by atoms with Gasteiger partial charge < -0.3 is 30.3 Å². The Morgan fingerprint density at radius 3 is 2.62 bits per heavy atom. The Hall–Kier alpha value is -2.95. The van der Waals surface area contributed by atoms with Crippen molar-refractivity contribution in [2.24, 2.45) is 0 Å². The van der Waals surface area contributed by atoms with Crippen LogP contribution < -0.4 is 10.6 Å². The van der Waals surface area contributed by atoms with Gasteiger partial charge in [0.25, 0.3) is 0 Å². The van der Waals surface area contributed by atoms with Crippen LogP contribution in [0.5, 0.6) is 11.5 Å². The Balaban J connectivity index is 2.46. The summed E-state index contributed by atoms with van der Waals surface area (Å²) < 4.78 is 9.88. The topological polar surface area (TPSA) is 151 Å². The fraction of sp³-hybridized carbons (Fsp3) is 0.444. The minimum absolute atomic E-state index is 0.0350. The lowest BCUT2D eigenvalue weighted by atomic mass is 10.0. The number of carbonyl (C=O) groups excluding carboxylic acids is 4. The number of ether oxygens (including phenoxy) is 2. The molecule has 0 aromatic heterocycles. The number of phenolic OH excluding ortho intramolecular Hbond substituents is 2. The van der Waals surface area contributed by atoms with Crippen molar-refractivity contribution < 1.29 is 38.9 Å². The standard InChI is InChI=1S/C18H22N2O8S/c1-8-13(22)4-14(23)10-6-29-7-12(17(25)27-3)20-16(24)11(19-9(2)21)5-28-18(26)15(8)10/h4,11-12,22-23H,5-7H2,1-3H3,(H,19,21)(H,20,24)/t11-,12-/m0/s1. The molecule has 29 heavy (non-hydrogen) atoms. The van der Waals surface area contributed by atoms with Gasteiger partial charge in [-0.15, -0.1) is 0 Å². The van der Waals surface area contributed by atoms with Gasteiger partial charge in [0.15, 0.2) is 0 Å². The van der Waals surface area contributed by atoms with Gasteiger partial charge in [0.2, 0.25) is 11.8 Å². The smallest absolute Gasteiger partial charge is 0.339 e. The van der Waals surface area contributed by atoms with E-state index >= 15 is 0 Å². The van der Waals surface area contributed by atoms with E-state index in [4.69, 9.17) is 9.47 Å². The molecule has 1 aliphatic heterocycles. The molecule has 0 unspecified atom stereocenters. The summed E-state index contributed by atoms with van der Waals surface area (Å²) in [6.45, 7) is 2.16. The van der Waals surface area contributed by atoms with E-state index in [0.29, 0.717) is 0 Å². The Bertz CT molecular complexity index is 842. The van der Waals surface area contributed by atoms with E-state index in [0.717, 1.165) is 17.8 Å². The predicted molar refractivity (Wildman–Crippen MR) is 103 cm³/mol. The van der Waals surface area contributed by atoms with Crippen LogP contribution in [0.4, 0.5) is 0 Å². The zero-order chi connectivity index (χ0) is 21.7. The van der Waals surface area contributed by atoms with Gasteiger partial charge in [0.05, 0.1) is 12.7 Å². The largest absolute Gasteiger partial charge is 0.508 e. The highest BCUT2D eigenvalue weighted by Crippen LogP contribution is 2.35. The normalized spacial score (nSPS) is 20.2. The maximum Gasteiger partial charge on any atom is 0.339 e. The molecule has 11 heteroatoms. The maximum atomic E-state index is 12.6. The molecule has 1 aromatic rings. The van der Waals surface area contributed by atoms with Crippen molar-refractivity contribution in [3.63, 3.8) is 0 Å². The van der Waals surface area contributed by atoms with Gasteiger partial charge in [0, 0.05) is 35.6 Å². The van der Waals surface area contributed by atoms with Crippen molar-refractivity contribution in [2.75, 3.05) is 19.5 Å². The molecular formula is C18H22N2O8S. The molecule has 0 radical (unpaired) electrons. The van der Waals surface area contributed by atoms with Crippen LogP contribution in [-0.4, -0.2) is 65.5 Å². The second-order valence-electron chi connectivity index (χ2n) is 6.34. The molecule has 2 rings (SSSR count). The predicted octanol–water partition coefficient (Wildman–Crippen LogP) is -0.0277. The minimum Gasteiger partial charge on any atom is -0.508 e. The molecule has 10 nitrogen and oxygen atoms in total. The summed E-state index contributed by atoms with van der Waals surface area (Å²) in [7, 11) is 1.18. The van der Waals surface area contributed by atoms with Gasteiger partial charge in [-0.2, -0.15) is 11.8 Å². The van der Waals surface area contributed by atoms with E-state index in [2.05, 4.69) is 10.6 Å². The Morgan fingerprint density at radius 2 is 2.00 bits per heavy atom. The highest BCUT2D eigenvalue weighted by Gasteiger charge is 2.30. The van der Waals surface area contributed by atoms with Crippen molar-refractivity contribution in [3.05, 3.63) is 22.8 Å². The molecule has 0 bridgehead atoms. The summed E-state index contributed by atoms with van der Waals surface area (Å²) in [5, 5.41) is 25.0. The van der Waals surface area contributed by atoms with Gasteiger partial charge in [-0.1, -0.05) is 0 Å². The number of esters is 2. The highest BCUT2D eigenvalue weighted by molar-refractivity contribution is 7.98. The number of phenols is 2. The number of amides is 2. The van der Waals surface area contributed by atoms with Gasteiger partial charge >= 0.3 is 11.9 Å². The molecule has 158 valence electrons. The molecule has 4 N–H and O–H groups in total. The van der Waals surface area contributed by atoms with Crippen molar-refractivity contribution in [1.29, 1.82) is 0 Å². The summed E-state index contributed by atoms with van der Waals surface area (Å²) >= 11 is 1.16. The molecule has 0 saturated carbocycles. The first-order valence-corrected chi connectivity index (χ1v) is 9.75. The third-order valence-electron chi connectivity index (χ3n) is 4.26. The van der Waals surface area contributed by atoms with Crippen molar-refractivity contribution in [3.8, 4) is 11.5 Å². The number of carbonyl (C=O) groups is 4. The number of aromatic hydroxyl groups is 2. The average molecular weight is 426 g/mol. The number of fused-ring (bicyclic) bond motifs is 1. The lowest BCUT2D eigenvalue weighted by Crippen LogP contribution is -2.54. The van der Waals surface area contributed by atoms with Crippen LogP contribution in [0.2, 0.25) is 0 Å². The van der Waals surface area contributed by atoms with E-state index < -0.39 is 42.4 Å². The molecule has 0 aliphatic carbocycles. The zero-order valence-electron chi connectivity index (χ0n) is 16.1. The SMILES string of the molecule is COC(=O)[C@@H]1CSCc2c(O)cc(O)c(C)c2C(=O)OC[C@H](NC(C)=O)C(=O)N1. The molecule has 0 fully saturated rings. The zero-order valence-corrected chi connectivity index (χ0v) is 16.9. The summed E-state index contributed by atoms with van der Waals surface area (Å²) in [6, 6.07) is -1.15. The Labute approximate surface area is 170 Å². The van der Waals surface area contributed by atoms with Gasteiger partial charge in [-0.3, -0.25) is 9.59 Å². The molecule has 1 heterocycles. The van der Waals surface area contributed by atoms with E-state index in [1.807, 2.05) is 0 Å². The third kappa shape index (κ3) is 5.31. The molecule has 1 aromatic carbocycles. The number of thioether (sulfide) groups is 1. The molecule has 1 aliphatic rings. The maximum absolute atomic E-state index is 12.6. The quantitative estimate of drug-likeness (QED) is 0.478. The van der Waals surface area contributed by atoms with E-state index in [9.17, 15) is 29.4 Å². The first-order chi connectivity index (χ1) is 13.6. The van der Waals surface area contributed by atoms with E-state index in [1.165, 1.54) is 21.0 Å². The second-order valence-corrected chi connectivity index (χ2v) is 7.37. The van der Waals surface area contributed by atoms with Crippen LogP contribution in [0.15, 0.2) is 6.07 Å². The van der Waals surface area contributed by atoms with Crippen molar-refractivity contribution in [1.82, 2.24) is 10.6 Å². The van der Waals surface area contributed by atoms with Crippen LogP contribution in [-0.2, 0) is 29.6 Å². The summed E-state index contributed by atoms with van der Waals surface area (Å²) in [5.74, 6) is -3.22. The Kier molecular flexibility index (Phi) is 7.32. The first-order valence-electron chi connectivity index (χ1n) is 8.60. The van der Waals surface area contributed by atoms with Crippen LogP contribution in [0.1, 0.15) is 28.4 Å². The highest BCUT2D eigenvalue weighted by atomic mass is 32.2. The van der Waals surface area contributed by atoms with Crippen molar-refractivity contribution in [2.45, 2.75) is 31.7 Å². The number of cyclic esters (lactones) is 1. The minimum atomic E-state index is -1.25. The lowest BCUT2D eigenvalue weighted by molar-refractivity contribution is -0.144. The Morgan fingerprint density at radius 1 is 1.31 bits per heavy atom. The average Bonchev–Trinajstić information content (AvgIpc) is 2.66. The summed E-state index contributed by atoms with van der Waals surface area (Å²) in [4.78, 5) is 48.6. The van der Waals surface area contributed by atoms with Crippen LogP contribution in [0.25, 0.3) is 0 Å². The second kappa shape index (κ2) is 9.50. The van der Waals surface area contributed by atoms with E-state index in [-0.39, 0.29) is 39.7 Å². The monoisotopic (exact) mass is 426 g/mol. The number of nitrogens with one attached hydrogen (secondary N) is 2. The van der Waals surface area contributed by atoms with Gasteiger partial charge in [-0.25, -0.2) is 9.59 Å². The van der Waals surface area contributed by atoms with Crippen LogP contribution in [0, 0.1) is 6.92 Å². The molecule has 0 saturated heterocycles. The number of benzene rings is 1. The number of hydrogen-bond donors (Lipinski definition) is 4. The molecule has 2 atom stereocenters. The van der Waals surface area contributed by atoms with Gasteiger partial charge in [0.1, 0.15) is 30.2 Å². The van der Waals surface area contributed by atoms with Crippen molar-refractivity contribution >= 4 is 35.5 Å². The van der Waals surface area contributed by atoms with E-state index in [1.54, 1.807) is 0 Å².